The van der Waals surface area contributed by atoms with Crippen LogP contribution in [0.4, 0.5) is 0 Å². The van der Waals surface area contributed by atoms with Gasteiger partial charge in [-0.15, -0.1) is 0 Å². The number of hydrogen-bond acceptors (Lipinski definition) is 4. The number of carbonyl (C=O) groups is 1. The molecule has 1 aliphatic heterocycles. The molecule has 0 aromatic heterocycles. The molecule has 24 heavy (non-hydrogen) atoms. The lowest BCUT2D eigenvalue weighted by Gasteiger charge is -2.29. The summed E-state index contributed by atoms with van der Waals surface area (Å²) < 4.78 is 10.9. The Balaban J connectivity index is 1.76. The van der Waals surface area contributed by atoms with Crippen molar-refractivity contribution < 1.29 is 19.4 Å². The smallest absolute Gasteiger partial charge is 0.257 e. The molecule has 0 aliphatic carbocycles. The average molecular weight is 327 g/mol. The second-order valence-corrected chi connectivity index (χ2v) is 5.88. The minimum atomic E-state index is -0.248. The van der Waals surface area contributed by atoms with E-state index in [1.807, 2.05) is 18.2 Å². The standard InChI is InChI=1S/C19H21NO4/c1-20(19(22)16-8-7-14(23-2)11-17(16)21)12-18-15-6-4-3-5-13(15)9-10-24-18/h3-8,11,18,21H,9-10,12H2,1-2H3/t18-/m0/s1. The maximum absolute atomic E-state index is 12.6. The lowest BCUT2D eigenvalue weighted by atomic mass is 9.97. The van der Waals surface area contributed by atoms with Crippen molar-refractivity contribution in [3.8, 4) is 11.5 Å². The summed E-state index contributed by atoms with van der Waals surface area (Å²) in [6, 6.07) is 12.8. The Morgan fingerprint density at radius 1 is 1.33 bits per heavy atom. The molecule has 5 heteroatoms. The molecule has 3 rings (SSSR count). The second-order valence-electron chi connectivity index (χ2n) is 5.88. The second kappa shape index (κ2) is 6.93. The van der Waals surface area contributed by atoms with Gasteiger partial charge in [0.15, 0.2) is 0 Å². The molecule has 1 atom stereocenters. The first-order valence-corrected chi connectivity index (χ1v) is 7.92. The summed E-state index contributed by atoms with van der Waals surface area (Å²) >= 11 is 0. The van der Waals surface area contributed by atoms with Crippen LogP contribution in [-0.4, -0.2) is 43.2 Å². The van der Waals surface area contributed by atoms with E-state index in [4.69, 9.17) is 9.47 Å². The maximum Gasteiger partial charge on any atom is 0.257 e. The van der Waals surface area contributed by atoms with Crippen molar-refractivity contribution in [3.63, 3.8) is 0 Å². The minimum absolute atomic E-state index is 0.0869. The van der Waals surface area contributed by atoms with E-state index in [2.05, 4.69) is 6.07 Å². The van der Waals surface area contributed by atoms with Crippen LogP contribution in [-0.2, 0) is 11.2 Å². The van der Waals surface area contributed by atoms with Crippen molar-refractivity contribution in [1.82, 2.24) is 4.90 Å². The topological polar surface area (TPSA) is 59.0 Å². The number of phenolic OH excluding ortho intramolecular Hbond substituents is 1. The number of likely N-dealkylation sites (N-methyl/N-ethyl adjacent to an activating group) is 1. The Kier molecular flexibility index (Phi) is 4.71. The number of nitrogens with zero attached hydrogens (tertiary/aromatic N) is 1. The predicted octanol–water partition coefficient (Wildman–Crippen LogP) is 2.79. The van der Waals surface area contributed by atoms with Crippen LogP contribution in [0.15, 0.2) is 42.5 Å². The number of ether oxygens (including phenoxy) is 2. The van der Waals surface area contributed by atoms with Crippen LogP contribution in [0.3, 0.4) is 0 Å². The summed E-state index contributed by atoms with van der Waals surface area (Å²) in [7, 11) is 3.23. The monoisotopic (exact) mass is 327 g/mol. The molecule has 1 N–H and O–H groups in total. The molecule has 0 unspecified atom stereocenters. The summed E-state index contributed by atoms with van der Waals surface area (Å²) in [4.78, 5) is 14.2. The van der Waals surface area contributed by atoms with Crippen LogP contribution < -0.4 is 4.74 Å². The highest BCUT2D eigenvalue weighted by atomic mass is 16.5. The molecule has 1 heterocycles. The fourth-order valence-electron chi connectivity index (χ4n) is 2.98. The van der Waals surface area contributed by atoms with Gasteiger partial charge in [0.1, 0.15) is 17.6 Å². The molecule has 1 amide bonds. The van der Waals surface area contributed by atoms with Gasteiger partial charge in [-0.2, -0.15) is 0 Å². The van der Waals surface area contributed by atoms with E-state index in [1.54, 1.807) is 24.1 Å². The normalized spacial score (nSPS) is 16.3. The van der Waals surface area contributed by atoms with E-state index in [9.17, 15) is 9.90 Å². The first kappa shape index (κ1) is 16.3. The highest BCUT2D eigenvalue weighted by Gasteiger charge is 2.25. The molecule has 126 valence electrons. The Hall–Kier alpha value is -2.53. The molecule has 0 fully saturated rings. The highest BCUT2D eigenvalue weighted by Crippen LogP contribution is 2.29. The molecule has 0 saturated carbocycles. The van der Waals surface area contributed by atoms with Crippen molar-refractivity contribution in [3.05, 3.63) is 59.2 Å². The molecule has 0 spiro atoms. The van der Waals surface area contributed by atoms with Gasteiger partial charge in [0.2, 0.25) is 0 Å². The summed E-state index contributed by atoms with van der Waals surface area (Å²) in [5.74, 6) is 0.175. The number of hydrogen-bond donors (Lipinski definition) is 1. The summed E-state index contributed by atoms with van der Waals surface area (Å²) in [6.45, 7) is 1.08. The number of benzene rings is 2. The Morgan fingerprint density at radius 2 is 2.12 bits per heavy atom. The SMILES string of the molecule is COc1ccc(C(=O)N(C)C[C@@H]2OCCc3ccccc32)c(O)c1. The number of carbonyl (C=O) groups excluding carboxylic acids is 1. The number of aromatic hydroxyl groups is 1. The lowest BCUT2D eigenvalue weighted by Crippen LogP contribution is -2.33. The number of amides is 1. The van der Waals surface area contributed by atoms with Crippen molar-refractivity contribution in [2.75, 3.05) is 27.3 Å². The van der Waals surface area contributed by atoms with E-state index in [-0.39, 0.29) is 23.3 Å². The van der Waals surface area contributed by atoms with Crippen LogP contribution in [0, 0.1) is 0 Å². The fourth-order valence-corrected chi connectivity index (χ4v) is 2.98. The van der Waals surface area contributed by atoms with Gasteiger partial charge in [0.05, 0.1) is 25.8 Å². The third-order valence-corrected chi connectivity index (χ3v) is 4.31. The number of methoxy groups -OCH3 is 1. The molecular weight excluding hydrogens is 306 g/mol. The number of phenols is 1. The Morgan fingerprint density at radius 3 is 2.88 bits per heavy atom. The third kappa shape index (κ3) is 3.21. The van der Waals surface area contributed by atoms with E-state index in [0.717, 1.165) is 12.0 Å². The third-order valence-electron chi connectivity index (χ3n) is 4.31. The van der Waals surface area contributed by atoms with Crippen molar-refractivity contribution >= 4 is 5.91 Å². The van der Waals surface area contributed by atoms with Gasteiger partial charge < -0.3 is 19.5 Å². The van der Waals surface area contributed by atoms with Gasteiger partial charge in [-0.3, -0.25) is 4.79 Å². The predicted molar refractivity (Wildman–Crippen MR) is 90.5 cm³/mol. The number of fused-ring (bicyclic) bond motifs is 1. The van der Waals surface area contributed by atoms with Gasteiger partial charge in [-0.05, 0) is 29.7 Å². The van der Waals surface area contributed by atoms with E-state index >= 15 is 0 Å². The zero-order chi connectivity index (χ0) is 17.1. The Bertz CT molecular complexity index is 744. The van der Waals surface area contributed by atoms with Crippen LogP contribution >= 0.6 is 0 Å². The van der Waals surface area contributed by atoms with Crippen LogP contribution in [0.25, 0.3) is 0 Å². The minimum Gasteiger partial charge on any atom is -0.507 e. The maximum atomic E-state index is 12.6. The molecule has 5 nitrogen and oxygen atoms in total. The molecule has 2 aromatic carbocycles. The zero-order valence-corrected chi connectivity index (χ0v) is 13.9. The summed E-state index contributed by atoms with van der Waals surface area (Å²) in [6.07, 6.45) is 0.744. The molecular formula is C19H21NO4. The largest absolute Gasteiger partial charge is 0.507 e. The van der Waals surface area contributed by atoms with Crippen molar-refractivity contribution in [1.29, 1.82) is 0 Å². The summed E-state index contributed by atoms with van der Waals surface area (Å²) in [5.41, 5.74) is 2.65. The van der Waals surface area contributed by atoms with E-state index in [1.165, 1.54) is 18.7 Å². The highest BCUT2D eigenvalue weighted by molar-refractivity contribution is 5.96. The number of rotatable bonds is 4. The fraction of sp³-hybridized carbons (Fsp3) is 0.316. The van der Waals surface area contributed by atoms with Gasteiger partial charge in [0, 0.05) is 13.1 Å². The van der Waals surface area contributed by atoms with Crippen molar-refractivity contribution in [2.45, 2.75) is 12.5 Å². The quantitative estimate of drug-likeness (QED) is 0.938. The van der Waals surface area contributed by atoms with Gasteiger partial charge in [-0.25, -0.2) is 0 Å². The summed E-state index contributed by atoms with van der Waals surface area (Å²) in [5, 5.41) is 10.0. The zero-order valence-electron chi connectivity index (χ0n) is 13.9. The molecule has 1 aliphatic rings. The lowest BCUT2D eigenvalue weighted by molar-refractivity contribution is 0.0199. The van der Waals surface area contributed by atoms with Gasteiger partial charge >= 0.3 is 0 Å². The van der Waals surface area contributed by atoms with E-state index in [0.29, 0.717) is 18.9 Å². The molecule has 0 radical (unpaired) electrons. The van der Waals surface area contributed by atoms with Crippen LogP contribution in [0.5, 0.6) is 11.5 Å². The van der Waals surface area contributed by atoms with E-state index < -0.39 is 0 Å². The van der Waals surface area contributed by atoms with Crippen LogP contribution in [0.2, 0.25) is 0 Å². The van der Waals surface area contributed by atoms with Crippen LogP contribution in [0.1, 0.15) is 27.6 Å². The average Bonchev–Trinajstić information content (AvgIpc) is 2.61. The van der Waals surface area contributed by atoms with Crippen molar-refractivity contribution in [2.24, 2.45) is 0 Å². The Labute approximate surface area is 141 Å². The molecule has 0 bridgehead atoms. The van der Waals surface area contributed by atoms with Gasteiger partial charge in [-0.1, -0.05) is 24.3 Å². The molecule has 2 aromatic rings. The molecule has 0 saturated heterocycles. The first-order valence-electron chi connectivity index (χ1n) is 7.92. The van der Waals surface area contributed by atoms with Gasteiger partial charge in [0.25, 0.3) is 5.91 Å². The first-order chi connectivity index (χ1) is 11.6.